The molecule has 1 aromatic rings. The van der Waals surface area contributed by atoms with Gasteiger partial charge in [0.05, 0.1) is 5.60 Å². The predicted molar refractivity (Wildman–Crippen MR) is 132 cm³/mol. The van der Waals surface area contributed by atoms with Crippen LogP contribution in [-0.4, -0.2) is 38.4 Å². The fraction of sp³-hybridized carbons (Fsp3) is 0.630. The molecule has 0 aliphatic heterocycles. The summed E-state index contributed by atoms with van der Waals surface area (Å²) >= 11 is 0. The maximum Gasteiger partial charge on any atom is 0.0862 e. The minimum Gasteiger partial charge on any atom is -0.388 e. The summed E-state index contributed by atoms with van der Waals surface area (Å²) in [5, 5.41) is 0. The summed E-state index contributed by atoms with van der Waals surface area (Å²) in [7, 11) is 5.00. The van der Waals surface area contributed by atoms with Gasteiger partial charge in [0.1, 0.15) is 0 Å². The van der Waals surface area contributed by atoms with Crippen LogP contribution in [0.15, 0.2) is 55.3 Å². The van der Waals surface area contributed by atoms with Gasteiger partial charge in [-0.3, -0.25) is 0 Å². The lowest BCUT2D eigenvalue weighted by molar-refractivity contribution is 0.0515. The smallest absolute Gasteiger partial charge is 0.0862 e. The Morgan fingerprint density at radius 1 is 0.933 bits per heavy atom. The second-order valence-electron chi connectivity index (χ2n) is 8.15. The van der Waals surface area contributed by atoms with Crippen LogP contribution in [0.25, 0.3) is 0 Å². The average Bonchev–Trinajstić information content (AvgIpc) is 2.76. The van der Waals surface area contributed by atoms with E-state index < -0.39 is 0 Å². The van der Waals surface area contributed by atoms with Crippen LogP contribution in [0.2, 0.25) is 0 Å². The topological polar surface area (TPSA) is 21.7 Å². The molecule has 0 aromatic heterocycles. The Morgan fingerprint density at radius 3 is 2.03 bits per heavy atom. The molecule has 1 unspecified atom stereocenters. The van der Waals surface area contributed by atoms with E-state index in [1.165, 1.54) is 56.9 Å². The molecule has 0 aliphatic rings. The lowest BCUT2D eigenvalue weighted by Gasteiger charge is -2.24. The van der Waals surface area contributed by atoms with E-state index in [0.717, 1.165) is 19.5 Å². The molecule has 0 bridgehead atoms. The maximum atomic E-state index is 5.55. The van der Waals surface area contributed by atoms with Crippen LogP contribution >= 0.6 is 0 Å². The van der Waals surface area contributed by atoms with Gasteiger partial charge in [-0.05, 0) is 31.5 Å². The number of rotatable bonds is 16. The summed E-state index contributed by atoms with van der Waals surface area (Å²) in [5.74, 6) is 0. The van der Waals surface area contributed by atoms with Gasteiger partial charge in [0.25, 0.3) is 0 Å². The van der Waals surface area contributed by atoms with Crippen LogP contribution in [0.4, 0.5) is 0 Å². The van der Waals surface area contributed by atoms with Crippen molar-refractivity contribution in [3.05, 3.63) is 60.8 Å². The molecule has 30 heavy (non-hydrogen) atoms. The first-order chi connectivity index (χ1) is 14.5. The van der Waals surface area contributed by atoms with Crippen molar-refractivity contribution in [3.63, 3.8) is 0 Å². The molecule has 0 heterocycles. The van der Waals surface area contributed by atoms with Gasteiger partial charge < -0.3 is 14.4 Å². The molecule has 172 valence electrons. The number of methoxy groups -OCH3 is 2. The van der Waals surface area contributed by atoms with E-state index in [0.29, 0.717) is 0 Å². The number of hydrogen-bond donors (Lipinski definition) is 0. The van der Waals surface area contributed by atoms with Gasteiger partial charge in [0.15, 0.2) is 0 Å². The summed E-state index contributed by atoms with van der Waals surface area (Å²) in [6, 6.07) is 10.7. The Bertz CT molecular complexity index is 529. The van der Waals surface area contributed by atoms with Crippen molar-refractivity contribution in [2.45, 2.75) is 83.8 Å². The second kappa shape index (κ2) is 19.4. The SMILES string of the molecule is C=CC(C)(C/C=C/N(CCCCCCCCCC)Cc1ccccc1)OC.COC. The highest BCUT2D eigenvalue weighted by atomic mass is 16.5. The molecule has 3 nitrogen and oxygen atoms in total. The summed E-state index contributed by atoms with van der Waals surface area (Å²) in [6.45, 7) is 10.3. The molecular formula is C27H47NO2. The Balaban J connectivity index is 0.00000263. The largest absolute Gasteiger partial charge is 0.388 e. The van der Waals surface area contributed by atoms with Crippen molar-refractivity contribution in [2.75, 3.05) is 27.9 Å². The first-order valence-electron chi connectivity index (χ1n) is 11.6. The van der Waals surface area contributed by atoms with Gasteiger partial charge in [-0.2, -0.15) is 0 Å². The van der Waals surface area contributed by atoms with Gasteiger partial charge in [-0.1, -0.05) is 94.4 Å². The van der Waals surface area contributed by atoms with Gasteiger partial charge in [-0.15, -0.1) is 6.58 Å². The number of ether oxygens (including phenoxy) is 2. The molecule has 0 saturated carbocycles. The second-order valence-corrected chi connectivity index (χ2v) is 8.15. The fourth-order valence-corrected chi connectivity index (χ4v) is 3.16. The first kappa shape index (κ1) is 28.4. The highest BCUT2D eigenvalue weighted by Gasteiger charge is 2.16. The number of benzene rings is 1. The van der Waals surface area contributed by atoms with Crippen LogP contribution in [0.1, 0.15) is 77.2 Å². The van der Waals surface area contributed by atoms with Crippen LogP contribution in [-0.2, 0) is 16.0 Å². The molecular weight excluding hydrogens is 370 g/mol. The summed E-state index contributed by atoms with van der Waals surface area (Å²) in [5.41, 5.74) is 1.08. The number of hydrogen-bond acceptors (Lipinski definition) is 3. The zero-order valence-electron chi connectivity index (χ0n) is 20.4. The Kier molecular flexibility index (Phi) is 18.4. The van der Waals surface area contributed by atoms with Gasteiger partial charge >= 0.3 is 0 Å². The third-order valence-electron chi connectivity index (χ3n) is 5.26. The predicted octanol–water partition coefficient (Wildman–Crippen LogP) is 7.39. The lowest BCUT2D eigenvalue weighted by Crippen LogP contribution is -2.23. The molecule has 0 radical (unpaired) electrons. The van der Waals surface area contributed by atoms with Gasteiger partial charge in [0, 0.05) is 34.4 Å². The lowest BCUT2D eigenvalue weighted by atomic mass is 10.0. The van der Waals surface area contributed by atoms with Crippen molar-refractivity contribution < 1.29 is 9.47 Å². The van der Waals surface area contributed by atoms with E-state index in [4.69, 9.17) is 4.74 Å². The van der Waals surface area contributed by atoms with E-state index in [1.54, 1.807) is 21.3 Å². The molecule has 3 heteroatoms. The van der Waals surface area contributed by atoms with E-state index in [-0.39, 0.29) is 5.60 Å². The third-order valence-corrected chi connectivity index (χ3v) is 5.26. The van der Waals surface area contributed by atoms with Gasteiger partial charge in [0.2, 0.25) is 0 Å². The summed E-state index contributed by atoms with van der Waals surface area (Å²) in [6.07, 6.45) is 18.1. The number of unbranched alkanes of at least 4 members (excludes halogenated alkanes) is 7. The zero-order chi connectivity index (χ0) is 22.5. The maximum absolute atomic E-state index is 5.55. The van der Waals surface area contributed by atoms with Gasteiger partial charge in [-0.25, -0.2) is 0 Å². The standard InChI is InChI=1S/C25H41NO.C2H6O/c1-5-7-8-9-10-11-12-16-21-26(23-24-18-14-13-15-19-24)22-17-20-25(3,6-2)27-4;1-3-2/h6,13-15,17-19,22H,2,5,7-12,16,20-21,23H2,1,3-4H3;1-2H3/b22-17+;. The van der Waals surface area contributed by atoms with Crippen molar-refractivity contribution in [2.24, 2.45) is 0 Å². The normalized spacial score (nSPS) is 12.8. The van der Waals surface area contributed by atoms with Crippen LogP contribution in [0.5, 0.6) is 0 Å². The fourth-order valence-electron chi connectivity index (χ4n) is 3.16. The highest BCUT2D eigenvalue weighted by molar-refractivity contribution is 5.15. The molecule has 0 spiro atoms. The minimum atomic E-state index is -0.284. The minimum absolute atomic E-state index is 0.284. The monoisotopic (exact) mass is 417 g/mol. The quantitative estimate of drug-likeness (QED) is 0.207. The molecule has 0 fully saturated rings. The highest BCUT2D eigenvalue weighted by Crippen LogP contribution is 2.17. The first-order valence-corrected chi connectivity index (χ1v) is 11.6. The molecule has 0 amide bonds. The molecule has 1 aromatic carbocycles. The summed E-state index contributed by atoms with van der Waals surface area (Å²) < 4.78 is 9.80. The van der Waals surface area contributed by atoms with Crippen molar-refractivity contribution >= 4 is 0 Å². The Labute approximate surface area is 187 Å². The van der Waals surface area contributed by atoms with E-state index in [2.05, 4.69) is 72.7 Å². The molecule has 0 aliphatic carbocycles. The molecule has 1 atom stereocenters. The molecule has 0 N–H and O–H groups in total. The van der Waals surface area contributed by atoms with Crippen LogP contribution in [0, 0.1) is 0 Å². The van der Waals surface area contributed by atoms with E-state index in [1.807, 2.05) is 6.08 Å². The van der Waals surface area contributed by atoms with E-state index in [9.17, 15) is 0 Å². The van der Waals surface area contributed by atoms with Crippen molar-refractivity contribution in [1.82, 2.24) is 4.90 Å². The molecule has 1 rings (SSSR count). The Hall–Kier alpha value is -1.58. The van der Waals surface area contributed by atoms with Crippen LogP contribution < -0.4 is 0 Å². The van der Waals surface area contributed by atoms with Crippen LogP contribution in [0.3, 0.4) is 0 Å². The van der Waals surface area contributed by atoms with E-state index >= 15 is 0 Å². The zero-order valence-corrected chi connectivity index (χ0v) is 20.4. The van der Waals surface area contributed by atoms with Crippen molar-refractivity contribution in [1.29, 1.82) is 0 Å². The summed E-state index contributed by atoms with van der Waals surface area (Å²) in [4.78, 5) is 2.44. The number of nitrogens with zero attached hydrogens (tertiary/aromatic N) is 1. The third kappa shape index (κ3) is 15.3. The molecule has 0 saturated heterocycles. The Morgan fingerprint density at radius 2 is 1.50 bits per heavy atom. The average molecular weight is 418 g/mol. The van der Waals surface area contributed by atoms with Crippen molar-refractivity contribution in [3.8, 4) is 0 Å².